The summed E-state index contributed by atoms with van der Waals surface area (Å²) in [4.78, 5) is 2.88. The van der Waals surface area contributed by atoms with Crippen LogP contribution in [0.25, 0.3) is 33.1 Å². The van der Waals surface area contributed by atoms with E-state index in [4.69, 9.17) is 0 Å². The lowest BCUT2D eigenvalue weighted by Crippen LogP contribution is -2.43. The minimum absolute atomic E-state index is 0.385. The molecule has 5 aromatic rings. The molecule has 5 aliphatic rings. The molecule has 0 radical (unpaired) electrons. The summed E-state index contributed by atoms with van der Waals surface area (Å²) in [6, 6.07) is 38.9. The first kappa shape index (κ1) is 29.8. The number of nitrogens with zero attached hydrogens (tertiary/aromatic N) is 2. The molecule has 5 atom stereocenters. The molecule has 2 heteroatoms. The van der Waals surface area contributed by atoms with E-state index in [1.54, 1.807) is 11.1 Å². The molecule has 246 valence electrons. The molecule has 2 nitrogen and oxygen atoms in total. The van der Waals surface area contributed by atoms with Crippen LogP contribution < -0.4 is 0 Å². The monoisotopic (exact) mass is 648 g/mol. The Morgan fingerprint density at radius 3 is 2.40 bits per heavy atom. The van der Waals surface area contributed by atoms with Gasteiger partial charge in [0.2, 0.25) is 0 Å². The number of hydrogen-bond acceptors (Lipinski definition) is 1. The number of aromatic nitrogens is 1. The van der Waals surface area contributed by atoms with Gasteiger partial charge >= 0.3 is 0 Å². The smallest absolute Gasteiger partial charge is 0.0580 e. The number of allylic oxidation sites excluding steroid dienone is 8. The van der Waals surface area contributed by atoms with Crippen LogP contribution in [0.3, 0.4) is 0 Å². The third-order valence-corrected chi connectivity index (χ3v) is 12.3. The number of para-hydroxylation sites is 2. The van der Waals surface area contributed by atoms with Crippen molar-refractivity contribution in [2.75, 3.05) is 0 Å². The summed E-state index contributed by atoms with van der Waals surface area (Å²) in [7, 11) is 0. The summed E-state index contributed by atoms with van der Waals surface area (Å²) in [5.74, 6) is 1.53. The predicted octanol–water partition coefficient (Wildman–Crippen LogP) is 11.9. The van der Waals surface area contributed by atoms with Gasteiger partial charge in [0.15, 0.2) is 0 Å². The van der Waals surface area contributed by atoms with Crippen molar-refractivity contribution in [3.63, 3.8) is 0 Å². The van der Waals surface area contributed by atoms with E-state index in [2.05, 4.69) is 161 Å². The fourth-order valence-corrected chi connectivity index (χ4v) is 9.97. The molecule has 0 saturated heterocycles. The zero-order valence-electron chi connectivity index (χ0n) is 28.7. The number of hydrogen-bond donors (Lipinski definition) is 0. The third kappa shape index (κ3) is 4.99. The second-order valence-electron chi connectivity index (χ2n) is 15.0. The van der Waals surface area contributed by atoms with Crippen molar-refractivity contribution in [1.29, 1.82) is 0 Å². The summed E-state index contributed by atoms with van der Waals surface area (Å²) in [6.07, 6.45) is 28.5. The molecule has 1 aromatic heterocycles. The normalized spacial score (nSPS) is 25.9. The second-order valence-corrected chi connectivity index (χ2v) is 15.0. The minimum Gasteiger partial charge on any atom is -0.361 e. The van der Waals surface area contributed by atoms with Gasteiger partial charge in [-0.05, 0) is 103 Å². The van der Waals surface area contributed by atoms with Crippen LogP contribution in [-0.4, -0.2) is 21.6 Å². The molecule has 10 rings (SSSR count). The van der Waals surface area contributed by atoms with Crippen LogP contribution in [0.15, 0.2) is 169 Å². The van der Waals surface area contributed by atoms with E-state index in [0.29, 0.717) is 23.9 Å². The lowest BCUT2D eigenvalue weighted by molar-refractivity contribution is 0.157. The molecule has 4 aromatic carbocycles. The lowest BCUT2D eigenvalue weighted by atomic mass is 9.77. The molecule has 2 heterocycles. The van der Waals surface area contributed by atoms with Crippen LogP contribution in [0, 0.1) is 11.8 Å². The van der Waals surface area contributed by atoms with Crippen molar-refractivity contribution in [3.05, 3.63) is 180 Å². The van der Waals surface area contributed by atoms with Crippen LogP contribution in [-0.2, 0) is 0 Å². The minimum atomic E-state index is 0.385. The summed E-state index contributed by atoms with van der Waals surface area (Å²) in [5, 5.41) is 2.62. The Bertz CT molecular complexity index is 2270. The van der Waals surface area contributed by atoms with Crippen LogP contribution in [0.4, 0.5) is 0 Å². The van der Waals surface area contributed by atoms with E-state index in [9.17, 15) is 0 Å². The molecule has 0 bridgehead atoms. The van der Waals surface area contributed by atoms with Gasteiger partial charge in [-0.2, -0.15) is 0 Å². The fraction of sp³-hybridized carbons (Fsp3) is 0.250. The zero-order valence-corrected chi connectivity index (χ0v) is 28.7. The van der Waals surface area contributed by atoms with Gasteiger partial charge in [0.1, 0.15) is 0 Å². The van der Waals surface area contributed by atoms with Crippen LogP contribution >= 0.6 is 0 Å². The van der Waals surface area contributed by atoms with Crippen molar-refractivity contribution in [2.24, 2.45) is 11.8 Å². The molecule has 1 saturated carbocycles. The Hall–Kier alpha value is -5.08. The molecule has 0 amide bonds. The Morgan fingerprint density at radius 2 is 1.54 bits per heavy atom. The van der Waals surface area contributed by atoms with Crippen molar-refractivity contribution < 1.29 is 0 Å². The van der Waals surface area contributed by atoms with Gasteiger partial charge in [0, 0.05) is 40.0 Å². The highest BCUT2D eigenvalue weighted by Gasteiger charge is 2.44. The molecule has 1 aliphatic heterocycles. The third-order valence-electron chi connectivity index (χ3n) is 12.3. The van der Waals surface area contributed by atoms with Gasteiger partial charge in [0.25, 0.3) is 0 Å². The van der Waals surface area contributed by atoms with Crippen molar-refractivity contribution in [1.82, 2.24) is 9.47 Å². The summed E-state index contributed by atoms with van der Waals surface area (Å²) in [6.45, 7) is 0. The van der Waals surface area contributed by atoms with Crippen LogP contribution in [0.1, 0.15) is 62.0 Å². The Balaban J connectivity index is 1.04. The number of benzene rings is 4. The predicted molar refractivity (Wildman–Crippen MR) is 209 cm³/mol. The summed E-state index contributed by atoms with van der Waals surface area (Å²) in [5.41, 5.74) is 12.6. The van der Waals surface area contributed by atoms with Crippen LogP contribution in [0.2, 0.25) is 0 Å². The average molecular weight is 649 g/mol. The Kier molecular flexibility index (Phi) is 7.36. The average Bonchev–Trinajstić information content (AvgIpc) is 3.71. The van der Waals surface area contributed by atoms with Crippen molar-refractivity contribution >= 4 is 27.4 Å². The maximum Gasteiger partial charge on any atom is 0.0580 e. The SMILES string of the molecule is C1=CCCC(C2CCCC(N3C4=C(CC(c5ccccc5)C=C4)C4C=C(c5ccc6c(c5)c5ccccc5n6-c5ccccc5)C=CC43)C2)=C1. The first-order chi connectivity index (χ1) is 24.8. The van der Waals surface area contributed by atoms with E-state index in [1.165, 1.54) is 88.4 Å². The van der Waals surface area contributed by atoms with Gasteiger partial charge in [0.05, 0.1) is 17.1 Å². The molecule has 0 N–H and O–H groups in total. The highest BCUT2D eigenvalue weighted by molar-refractivity contribution is 6.10. The highest BCUT2D eigenvalue weighted by Crippen LogP contribution is 2.50. The van der Waals surface area contributed by atoms with Gasteiger partial charge in [-0.15, -0.1) is 0 Å². The van der Waals surface area contributed by atoms with Gasteiger partial charge < -0.3 is 9.47 Å². The topological polar surface area (TPSA) is 8.17 Å². The first-order valence-corrected chi connectivity index (χ1v) is 18.9. The summed E-state index contributed by atoms with van der Waals surface area (Å²) >= 11 is 0. The Labute approximate surface area is 296 Å². The largest absolute Gasteiger partial charge is 0.361 e. The molecule has 0 spiro atoms. The van der Waals surface area contributed by atoms with Gasteiger partial charge in [-0.1, -0.05) is 127 Å². The Morgan fingerprint density at radius 1 is 0.720 bits per heavy atom. The quantitative estimate of drug-likeness (QED) is 0.184. The molecule has 50 heavy (non-hydrogen) atoms. The van der Waals surface area contributed by atoms with Crippen LogP contribution in [0.5, 0.6) is 0 Å². The number of fused-ring (bicyclic) bond motifs is 5. The maximum absolute atomic E-state index is 2.88. The van der Waals surface area contributed by atoms with E-state index < -0.39 is 0 Å². The van der Waals surface area contributed by atoms with Gasteiger partial charge in [-0.25, -0.2) is 0 Å². The van der Waals surface area contributed by atoms with E-state index in [-0.39, 0.29) is 0 Å². The second kappa shape index (κ2) is 12.4. The number of rotatable bonds is 5. The standard InChI is InChI=1S/C48H44N2/c1-4-13-33(14-5-1)35-17-12-20-40(29-35)50-47-26-23-36(34-15-6-2-7-16-34)30-43(47)44-32-38(25-28-48(44)50)37-24-27-46-42(31-37)41-21-10-11-22-45(41)49(46)39-18-8-3-9-19-39/h1-4,6-11,13,15-16,18-19,21-28,31-32,35-36,40,44,48H,5,12,14,17,20,29-30H2. The first-order valence-electron chi connectivity index (χ1n) is 18.9. The fourth-order valence-electron chi connectivity index (χ4n) is 9.97. The highest BCUT2D eigenvalue weighted by atomic mass is 15.2. The molecule has 4 aliphatic carbocycles. The molecular weight excluding hydrogens is 605 g/mol. The maximum atomic E-state index is 2.88. The molecular formula is C48H44N2. The van der Waals surface area contributed by atoms with Crippen molar-refractivity contribution in [3.8, 4) is 5.69 Å². The van der Waals surface area contributed by atoms with Crippen molar-refractivity contribution in [2.45, 2.75) is 62.9 Å². The molecule has 5 unspecified atom stereocenters. The van der Waals surface area contributed by atoms with E-state index in [0.717, 1.165) is 12.3 Å². The lowest BCUT2D eigenvalue weighted by Gasteiger charge is -2.42. The molecule has 1 fully saturated rings. The van der Waals surface area contributed by atoms with Gasteiger partial charge in [-0.3, -0.25) is 0 Å². The van der Waals surface area contributed by atoms with E-state index in [1.807, 2.05) is 0 Å². The summed E-state index contributed by atoms with van der Waals surface area (Å²) < 4.78 is 2.41. The van der Waals surface area contributed by atoms with E-state index >= 15 is 0 Å². The zero-order chi connectivity index (χ0) is 33.0.